The summed E-state index contributed by atoms with van der Waals surface area (Å²) in [6, 6.07) is 3.49. The number of carbonyl (C=O) groups excluding carboxylic acids is 2. The summed E-state index contributed by atoms with van der Waals surface area (Å²) in [7, 11) is 0. The van der Waals surface area contributed by atoms with Gasteiger partial charge < -0.3 is 9.72 Å². The molecule has 0 unspecified atom stereocenters. The first-order chi connectivity index (χ1) is 10.9. The first-order valence-corrected chi connectivity index (χ1v) is 8.44. The predicted octanol–water partition coefficient (Wildman–Crippen LogP) is 3.83. The molecule has 0 aromatic carbocycles. The van der Waals surface area contributed by atoms with E-state index >= 15 is 0 Å². The van der Waals surface area contributed by atoms with Crippen LogP contribution in [0.25, 0.3) is 0 Å². The predicted molar refractivity (Wildman–Crippen MR) is 90.5 cm³/mol. The molecule has 2 rings (SSSR count). The smallest absolute Gasteiger partial charge is 0.340 e. The van der Waals surface area contributed by atoms with Crippen LogP contribution in [-0.4, -0.2) is 34.1 Å². The minimum atomic E-state index is -0.412. The Morgan fingerprint density at radius 1 is 1.35 bits per heavy atom. The monoisotopic (exact) mass is 352 g/mol. The lowest BCUT2D eigenvalue weighted by molar-refractivity contribution is 0.0525. The Kier molecular flexibility index (Phi) is 5.85. The Balaban J connectivity index is 2.12. The molecule has 0 radical (unpaired) electrons. The SMILES string of the molecule is CCOC(=O)c1c(C)[nH]c(C(=O)CSc2ccc(Cl)cn2)c1C. The molecule has 0 bridgehead atoms. The summed E-state index contributed by atoms with van der Waals surface area (Å²) in [6.07, 6.45) is 1.54. The van der Waals surface area contributed by atoms with E-state index in [0.29, 0.717) is 39.2 Å². The zero-order valence-electron chi connectivity index (χ0n) is 13.1. The summed E-state index contributed by atoms with van der Waals surface area (Å²) in [5.41, 5.74) is 2.13. The maximum absolute atomic E-state index is 12.4. The van der Waals surface area contributed by atoms with Crippen molar-refractivity contribution >= 4 is 35.1 Å². The standard InChI is InChI=1S/C16H17ClN2O3S/c1-4-22-16(21)14-9(2)15(19-10(14)3)12(20)8-23-13-6-5-11(17)7-18-13/h5-7,19H,4,8H2,1-3H3. The number of halogens is 1. The number of thioether (sulfide) groups is 1. The molecule has 2 aromatic rings. The first kappa shape index (κ1) is 17.6. The minimum absolute atomic E-state index is 0.0945. The van der Waals surface area contributed by atoms with Crippen LogP contribution in [0.5, 0.6) is 0 Å². The molecular formula is C16H17ClN2O3S. The zero-order chi connectivity index (χ0) is 17.0. The highest BCUT2D eigenvalue weighted by molar-refractivity contribution is 7.99. The van der Waals surface area contributed by atoms with Crippen LogP contribution < -0.4 is 0 Å². The van der Waals surface area contributed by atoms with Crippen molar-refractivity contribution in [2.75, 3.05) is 12.4 Å². The van der Waals surface area contributed by atoms with Crippen LogP contribution >= 0.6 is 23.4 Å². The Labute approximate surface area is 143 Å². The van der Waals surface area contributed by atoms with Gasteiger partial charge in [-0.05, 0) is 38.5 Å². The summed E-state index contributed by atoms with van der Waals surface area (Å²) >= 11 is 7.10. The largest absolute Gasteiger partial charge is 0.462 e. The molecule has 7 heteroatoms. The Morgan fingerprint density at radius 2 is 2.09 bits per heavy atom. The Hall–Kier alpha value is -1.79. The number of aromatic amines is 1. The van der Waals surface area contributed by atoms with E-state index in [2.05, 4.69) is 9.97 Å². The molecule has 23 heavy (non-hydrogen) atoms. The van der Waals surface area contributed by atoms with Gasteiger partial charge in [0.2, 0.25) is 0 Å². The van der Waals surface area contributed by atoms with E-state index in [1.807, 2.05) is 0 Å². The molecule has 0 aliphatic rings. The normalized spacial score (nSPS) is 10.6. The van der Waals surface area contributed by atoms with Crippen molar-refractivity contribution in [3.05, 3.63) is 45.9 Å². The molecule has 0 aliphatic carbocycles. The second-order valence-corrected chi connectivity index (χ2v) is 6.30. The summed E-state index contributed by atoms with van der Waals surface area (Å²) in [5.74, 6) is -0.287. The summed E-state index contributed by atoms with van der Waals surface area (Å²) in [4.78, 5) is 31.5. The first-order valence-electron chi connectivity index (χ1n) is 7.07. The maximum atomic E-state index is 12.4. The number of pyridine rings is 1. The van der Waals surface area contributed by atoms with Gasteiger partial charge in [-0.25, -0.2) is 9.78 Å². The van der Waals surface area contributed by atoms with Gasteiger partial charge in [0.15, 0.2) is 5.78 Å². The summed E-state index contributed by atoms with van der Waals surface area (Å²) in [6.45, 7) is 5.54. The fourth-order valence-corrected chi connectivity index (χ4v) is 3.02. The molecule has 0 saturated carbocycles. The minimum Gasteiger partial charge on any atom is -0.462 e. The molecule has 0 atom stereocenters. The number of nitrogens with one attached hydrogen (secondary N) is 1. The molecule has 0 amide bonds. The maximum Gasteiger partial charge on any atom is 0.340 e. The summed E-state index contributed by atoms with van der Waals surface area (Å²) < 4.78 is 5.03. The Bertz CT molecular complexity index is 726. The lowest BCUT2D eigenvalue weighted by atomic mass is 10.1. The van der Waals surface area contributed by atoms with E-state index in [4.69, 9.17) is 16.3 Å². The van der Waals surface area contributed by atoms with E-state index in [9.17, 15) is 9.59 Å². The third-order valence-electron chi connectivity index (χ3n) is 3.25. The van der Waals surface area contributed by atoms with E-state index < -0.39 is 5.97 Å². The van der Waals surface area contributed by atoms with E-state index in [-0.39, 0.29) is 11.5 Å². The second kappa shape index (κ2) is 7.66. The number of nitrogens with zero attached hydrogens (tertiary/aromatic N) is 1. The lowest BCUT2D eigenvalue weighted by Crippen LogP contribution is -2.08. The number of carbonyl (C=O) groups is 2. The Morgan fingerprint density at radius 3 is 2.70 bits per heavy atom. The van der Waals surface area contributed by atoms with Gasteiger partial charge in [-0.2, -0.15) is 0 Å². The fourth-order valence-electron chi connectivity index (χ4n) is 2.20. The number of hydrogen-bond acceptors (Lipinski definition) is 5. The van der Waals surface area contributed by atoms with E-state index in [0.717, 1.165) is 0 Å². The van der Waals surface area contributed by atoms with Crippen LogP contribution in [0.15, 0.2) is 23.4 Å². The van der Waals surface area contributed by atoms with Crippen LogP contribution in [-0.2, 0) is 4.74 Å². The van der Waals surface area contributed by atoms with Gasteiger partial charge in [0.05, 0.1) is 33.7 Å². The van der Waals surface area contributed by atoms with Crippen molar-refractivity contribution in [1.82, 2.24) is 9.97 Å². The van der Waals surface area contributed by atoms with Gasteiger partial charge >= 0.3 is 5.97 Å². The van der Waals surface area contributed by atoms with Gasteiger partial charge in [-0.15, -0.1) is 0 Å². The van der Waals surface area contributed by atoms with Crippen molar-refractivity contribution in [2.45, 2.75) is 25.8 Å². The number of ketones is 1. The van der Waals surface area contributed by atoms with Crippen LogP contribution in [0.2, 0.25) is 5.02 Å². The number of hydrogen-bond donors (Lipinski definition) is 1. The summed E-state index contributed by atoms with van der Waals surface area (Å²) in [5, 5.41) is 1.27. The molecule has 2 aromatic heterocycles. The van der Waals surface area contributed by atoms with Crippen molar-refractivity contribution in [3.8, 4) is 0 Å². The van der Waals surface area contributed by atoms with E-state index in [1.54, 1.807) is 32.9 Å². The van der Waals surface area contributed by atoms with Crippen LogP contribution in [0.4, 0.5) is 0 Å². The molecule has 0 fully saturated rings. The number of rotatable bonds is 6. The number of aryl methyl sites for hydroxylation is 1. The highest BCUT2D eigenvalue weighted by atomic mass is 35.5. The van der Waals surface area contributed by atoms with Crippen LogP contribution in [0, 0.1) is 13.8 Å². The molecule has 122 valence electrons. The number of esters is 1. The number of ether oxygens (including phenoxy) is 1. The molecule has 0 saturated heterocycles. The van der Waals surface area contributed by atoms with Crippen molar-refractivity contribution in [3.63, 3.8) is 0 Å². The average molecular weight is 353 g/mol. The number of aromatic nitrogens is 2. The zero-order valence-corrected chi connectivity index (χ0v) is 14.7. The van der Waals surface area contributed by atoms with Crippen molar-refractivity contribution < 1.29 is 14.3 Å². The van der Waals surface area contributed by atoms with E-state index in [1.165, 1.54) is 18.0 Å². The van der Waals surface area contributed by atoms with Crippen molar-refractivity contribution in [2.24, 2.45) is 0 Å². The molecule has 0 aliphatic heterocycles. The molecule has 1 N–H and O–H groups in total. The fraction of sp³-hybridized carbons (Fsp3) is 0.312. The topological polar surface area (TPSA) is 72.1 Å². The quantitative estimate of drug-likeness (QED) is 0.486. The van der Waals surface area contributed by atoms with Gasteiger partial charge in [0, 0.05) is 11.9 Å². The third-order valence-corrected chi connectivity index (χ3v) is 4.41. The van der Waals surface area contributed by atoms with Crippen LogP contribution in [0.1, 0.15) is 39.0 Å². The average Bonchev–Trinajstić information content (AvgIpc) is 2.81. The van der Waals surface area contributed by atoms with Gasteiger partial charge in [0.25, 0.3) is 0 Å². The molecule has 0 spiro atoms. The molecule has 5 nitrogen and oxygen atoms in total. The van der Waals surface area contributed by atoms with Gasteiger partial charge in [0.1, 0.15) is 0 Å². The van der Waals surface area contributed by atoms with Crippen molar-refractivity contribution in [1.29, 1.82) is 0 Å². The van der Waals surface area contributed by atoms with Crippen LogP contribution in [0.3, 0.4) is 0 Å². The second-order valence-electron chi connectivity index (χ2n) is 4.87. The lowest BCUT2D eigenvalue weighted by Gasteiger charge is -2.03. The number of H-pyrrole nitrogens is 1. The number of Topliss-reactive ketones (excluding diaryl/α,β-unsaturated/α-hetero) is 1. The molecule has 2 heterocycles. The van der Waals surface area contributed by atoms with Gasteiger partial charge in [-0.3, -0.25) is 4.79 Å². The van der Waals surface area contributed by atoms with Gasteiger partial charge in [-0.1, -0.05) is 23.4 Å². The highest BCUT2D eigenvalue weighted by Crippen LogP contribution is 2.23. The third kappa shape index (κ3) is 4.14. The highest BCUT2D eigenvalue weighted by Gasteiger charge is 2.22. The molecular weight excluding hydrogens is 336 g/mol.